The second kappa shape index (κ2) is 8.84. The van der Waals surface area contributed by atoms with E-state index in [9.17, 15) is 0 Å². The van der Waals surface area contributed by atoms with Crippen molar-refractivity contribution in [2.75, 3.05) is 0 Å². The minimum Gasteiger partial charge on any atom is -0.411 e. The second-order valence-electron chi connectivity index (χ2n) is 8.57. The molecular formula is C19H40O2Si. The molecule has 0 aliphatic carbocycles. The van der Waals surface area contributed by atoms with Gasteiger partial charge in [0.05, 0.1) is 18.3 Å². The van der Waals surface area contributed by atoms with Crippen LogP contribution in [0, 0.1) is 0 Å². The third-order valence-electron chi connectivity index (χ3n) is 5.53. The van der Waals surface area contributed by atoms with E-state index in [2.05, 4.69) is 47.7 Å². The van der Waals surface area contributed by atoms with Crippen LogP contribution in [0.1, 0.15) is 86.0 Å². The second-order valence-corrected chi connectivity index (χ2v) is 13.3. The molecule has 3 atom stereocenters. The van der Waals surface area contributed by atoms with Gasteiger partial charge in [-0.15, -0.1) is 0 Å². The number of hydrogen-bond acceptors (Lipinski definition) is 2. The fraction of sp³-hybridized carbons (Fsp3) is 1.00. The van der Waals surface area contributed by atoms with Gasteiger partial charge in [-0.05, 0) is 43.8 Å². The van der Waals surface area contributed by atoms with Crippen LogP contribution in [-0.4, -0.2) is 26.6 Å². The monoisotopic (exact) mass is 328 g/mol. The Kier molecular flexibility index (Phi) is 8.11. The highest BCUT2D eigenvalue weighted by molar-refractivity contribution is 6.74. The normalized spacial score (nSPS) is 24.7. The molecule has 0 aromatic heterocycles. The molecule has 1 rings (SSSR count). The first-order chi connectivity index (χ1) is 10.2. The topological polar surface area (TPSA) is 18.5 Å². The minimum absolute atomic E-state index is 0.275. The van der Waals surface area contributed by atoms with E-state index in [0.717, 1.165) is 6.42 Å². The van der Waals surface area contributed by atoms with Crippen LogP contribution in [0.25, 0.3) is 0 Å². The lowest BCUT2D eigenvalue weighted by Gasteiger charge is -2.41. The van der Waals surface area contributed by atoms with Gasteiger partial charge in [0.1, 0.15) is 0 Å². The maximum absolute atomic E-state index is 6.76. The predicted octanol–water partition coefficient (Wildman–Crippen LogP) is 6.30. The number of unbranched alkanes of at least 4 members (excludes halogenated alkanes) is 2. The van der Waals surface area contributed by atoms with Crippen LogP contribution in [0.4, 0.5) is 0 Å². The fourth-order valence-corrected chi connectivity index (χ4v) is 4.31. The van der Waals surface area contributed by atoms with Gasteiger partial charge in [-0.25, -0.2) is 0 Å². The van der Waals surface area contributed by atoms with E-state index < -0.39 is 8.32 Å². The molecule has 0 N–H and O–H groups in total. The summed E-state index contributed by atoms with van der Waals surface area (Å²) >= 11 is 0. The molecule has 2 nitrogen and oxygen atoms in total. The minimum atomic E-state index is -1.71. The molecule has 3 heteroatoms. The molecule has 1 saturated heterocycles. The van der Waals surface area contributed by atoms with Crippen LogP contribution < -0.4 is 0 Å². The smallest absolute Gasteiger partial charge is 0.192 e. The highest BCUT2D eigenvalue weighted by Crippen LogP contribution is 2.39. The summed E-state index contributed by atoms with van der Waals surface area (Å²) in [6.07, 6.45) is 11.0. The van der Waals surface area contributed by atoms with Crippen molar-refractivity contribution in [3.63, 3.8) is 0 Å². The van der Waals surface area contributed by atoms with E-state index >= 15 is 0 Å². The van der Waals surface area contributed by atoms with E-state index in [1.165, 1.54) is 44.9 Å². The van der Waals surface area contributed by atoms with Crippen molar-refractivity contribution in [2.45, 2.75) is 122 Å². The largest absolute Gasteiger partial charge is 0.411 e. The highest BCUT2D eigenvalue weighted by atomic mass is 28.4. The van der Waals surface area contributed by atoms with E-state index in [1.54, 1.807) is 0 Å². The Morgan fingerprint density at radius 1 is 1.09 bits per heavy atom. The Morgan fingerprint density at radius 2 is 1.73 bits per heavy atom. The maximum atomic E-state index is 6.76. The first-order valence-electron chi connectivity index (χ1n) is 9.54. The van der Waals surface area contributed by atoms with Gasteiger partial charge in [-0.1, -0.05) is 60.3 Å². The zero-order chi connectivity index (χ0) is 16.8. The Morgan fingerprint density at radius 3 is 2.27 bits per heavy atom. The average molecular weight is 329 g/mol. The molecule has 0 amide bonds. The summed E-state index contributed by atoms with van der Waals surface area (Å²) in [6.45, 7) is 16.3. The van der Waals surface area contributed by atoms with Crippen molar-refractivity contribution in [3.05, 3.63) is 0 Å². The van der Waals surface area contributed by atoms with Gasteiger partial charge in [0, 0.05) is 0 Å². The molecule has 0 radical (unpaired) electrons. The molecule has 1 aliphatic heterocycles. The van der Waals surface area contributed by atoms with Gasteiger partial charge in [0.15, 0.2) is 8.32 Å². The van der Waals surface area contributed by atoms with Crippen molar-refractivity contribution in [3.8, 4) is 0 Å². The average Bonchev–Trinajstić information content (AvgIpc) is 2.88. The zero-order valence-electron chi connectivity index (χ0n) is 16.2. The van der Waals surface area contributed by atoms with Gasteiger partial charge >= 0.3 is 0 Å². The number of hydrogen-bond donors (Lipinski definition) is 0. The lowest BCUT2D eigenvalue weighted by molar-refractivity contribution is -0.0344. The summed E-state index contributed by atoms with van der Waals surface area (Å²) < 4.78 is 13.1. The first-order valence-corrected chi connectivity index (χ1v) is 12.5. The Balaban J connectivity index is 2.65. The third-order valence-corrected chi connectivity index (χ3v) is 10.0. The van der Waals surface area contributed by atoms with Crippen LogP contribution in [0.2, 0.25) is 18.1 Å². The molecule has 1 unspecified atom stereocenters. The molecule has 0 saturated carbocycles. The van der Waals surface area contributed by atoms with Gasteiger partial charge in [0.25, 0.3) is 0 Å². The van der Waals surface area contributed by atoms with Crippen molar-refractivity contribution in [1.29, 1.82) is 0 Å². The van der Waals surface area contributed by atoms with E-state index in [0.29, 0.717) is 18.3 Å². The number of ether oxygens (including phenoxy) is 1. The standard InChI is InChI=1S/C19H40O2Si/c1-8-10-12-16-14-15-17(20-16)18(13-11-9-2)21-22(6,7)19(3,4)5/h16-18H,8-15H2,1-7H3/t16?,17-,18-/m0/s1. The van der Waals surface area contributed by atoms with E-state index in [-0.39, 0.29) is 5.04 Å². The summed E-state index contributed by atoms with van der Waals surface area (Å²) in [5.74, 6) is 0. The summed E-state index contributed by atoms with van der Waals surface area (Å²) in [4.78, 5) is 0. The summed E-state index contributed by atoms with van der Waals surface area (Å²) in [5.41, 5.74) is 0. The molecule has 1 aliphatic rings. The molecule has 22 heavy (non-hydrogen) atoms. The fourth-order valence-electron chi connectivity index (χ4n) is 2.93. The van der Waals surface area contributed by atoms with E-state index in [4.69, 9.17) is 9.16 Å². The summed E-state index contributed by atoms with van der Waals surface area (Å²) in [5, 5.41) is 0.275. The van der Waals surface area contributed by atoms with Crippen LogP contribution >= 0.6 is 0 Å². The van der Waals surface area contributed by atoms with Gasteiger partial charge < -0.3 is 9.16 Å². The molecule has 1 fully saturated rings. The van der Waals surface area contributed by atoms with Crippen LogP contribution in [-0.2, 0) is 9.16 Å². The van der Waals surface area contributed by atoms with Crippen molar-refractivity contribution in [1.82, 2.24) is 0 Å². The Labute approximate surface area is 140 Å². The molecule has 0 aromatic rings. The Bertz CT molecular complexity index is 309. The maximum Gasteiger partial charge on any atom is 0.192 e. The van der Waals surface area contributed by atoms with Gasteiger partial charge in [-0.2, -0.15) is 0 Å². The number of rotatable bonds is 9. The summed E-state index contributed by atoms with van der Waals surface area (Å²) in [7, 11) is -1.71. The Hall–Kier alpha value is 0.137. The van der Waals surface area contributed by atoms with Crippen molar-refractivity contribution in [2.24, 2.45) is 0 Å². The van der Waals surface area contributed by atoms with E-state index in [1.807, 2.05) is 0 Å². The van der Waals surface area contributed by atoms with Crippen LogP contribution in [0.5, 0.6) is 0 Å². The molecule has 132 valence electrons. The lowest BCUT2D eigenvalue weighted by atomic mass is 10.0. The zero-order valence-corrected chi connectivity index (χ0v) is 17.2. The molecular weight excluding hydrogens is 288 g/mol. The predicted molar refractivity (Wildman–Crippen MR) is 99.0 cm³/mol. The van der Waals surface area contributed by atoms with Crippen LogP contribution in [0.15, 0.2) is 0 Å². The van der Waals surface area contributed by atoms with Gasteiger partial charge in [-0.3, -0.25) is 0 Å². The van der Waals surface area contributed by atoms with Gasteiger partial charge in [0.2, 0.25) is 0 Å². The summed E-state index contributed by atoms with van der Waals surface area (Å²) in [6, 6.07) is 0. The first kappa shape index (κ1) is 20.2. The lowest BCUT2D eigenvalue weighted by Crippen LogP contribution is -2.47. The van der Waals surface area contributed by atoms with Crippen molar-refractivity contribution < 1.29 is 9.16 Å². The SMILES string of the molecule is CCCCC1CC[C@@H]([C@H](CCCC)O[Si](C)(C)C(C)(C)C)O1. The molecule has 0 bridgehead atoms. The van der Waals surface area contributed by atoms with Crippen LogP contribution in [0.3, 0.4) is 0 Å². The molecule has 1 heterocycles. The highest BCUT2D eigenvalue weighted by Gasteiger charge is 2.42. The third kappa shape index (κ3) is 5.97. The molecule has 0 spiro atoms. The quantitative estimate of drug-likeness (QED) is 0.462. The molecule has 0 aromatic carbocycles. The van der Waals surface area contributed by atoms with Crippen molar-refractivity contribution >= 4 is 8.32 Å².